The smallest absolute Gasteiger partial charge is 0.320 e. The lowest BCUT2D eigenvalue weighted by Crippen LogP contribution is -2.39. The highest BCUT2D eigenvalue weighted by Gasteiger charge is 2.25. The van der Waals surface area contributed by atoms with Crippen LogP contribution in [0.4, 0.5) is 0 Å². The quantitative estimate of drug-likeness (QED) is 0.466. The molecule has 0 aliphatic rings. The largest absolute Gasteiger partial charge is 0.439 e. The molecule has 0 aromatic heterocycles. The second-order valence-electron chi connectivity index (χ2n) is 4.21. The molecule has 6 heteroatoms. The van der Waals surface area contributed by atoms with Gasteiger partial charge >= 0.3 is 8.56 Å². The van der Waals surface area contributed by atoms with Gasteiger partial charge < -0.3 is 19.6 Å². The molecule has 0 aliphatic heterocycles. The van der Waals surface area contributed by atoms with Crippen molar-refractivity contribution in [1.82, 2.24) is 5.32 Å². The van der Waals surface area contributed by atoms with Crippen LogP contribution in [-0.4, -0.2) is 44.3 Å². The van der Waals surface area contributed by atoms with Crippen LogP contribution in [0, 0.1) is 0 Å². The molecule has 4 nitrogen and oxygen atoms in total. The van der Waals surface area contributed by atoms with E-state index in [4.69, 9.17) is 14.3 Å². The number of hydrogen-bond acceptors (Lipinski definition) is 4. The lowest BCUT2D eigenvalue weighted by atomic mass is 10.5. The summed E-state index contributed by atoms with van der Waals surface area (Å²) >= 11 is 0. The van der Waals surface area contributed by atoms with Crippen molar-refractivity contribution in [1.29, 1.82) is 0 Å². The summed E-state index contributed by atoms with van der Waals surface area (Å²) in [6, 6.07) is 1.21. The zero-order valence-electron chi connectivity index (χ0n) is 10.5. The average Bonchev–Trinajstić information content (AvgIpc) is 2.17. The Bertz CT molecular complexity index is 159. The predicted molar refractivity (Wildman–Crippen MR) is 69.9 cm³/mol. The van der Waals surface area contributed by atoms with Gasteiger partial charge in [-0.3, -0.25) is 0 Å². The summed E-state index contributed by atoms with van der Waals surface area (Å²) in [5.74, 6) is 0. The van der Waals surface area contributed by atoms with Gasteiger partial charge in [0.05, 0.1) is 0 Å². The van der Waals surface area contributed by atoms with Crippen LogP contribution in [0.1, 0.15) is 6.42 Å². The van der Waals surface area contributed by atoms with Gasteiger partial charge in [-0.2, -0.15) is 0 Å². The molecule has 1 atom stereocenters. The first-order chi connectivity index (χ1) is 7.02. The third-order valence-electron chi connectivity index (χ3n) is 2.26. The lowest BCUT2D eigenvalue weighted by Gasteiger charge is -2.24. The summed E-state index contributed by atoms with van der Waals surface area (Å²) in [6.07, 6.45) is 1.18. The van der Waals surface area contributed by atoms with Crippen molar-refractivity contribution in [3.63, 3.8) is 0 Å². The Hall–Kier alpha value is 0.274. The van der Waals surface area contributed by atoms with Crippen LogP contribution in [0.2, 0.25) is 25.7 Å². The summed E-state index contributed by atoms with van der Waals surface area (Å²) in [5, 5.41) is 3.29. The van der Waals surface area contributed by atoms with E-state index in [1.54, 1.807) is 7.11 Å². The van der Waals surface area contributed by atoms with Crippen LogP contribution >= 0.6 is 0 Å². The minimum atomic E-state index is -1.79. The highest BCUT2D eigenvalue weighted by molar-refractivity contribution is 6.73. The molecule has 0 bridgehead atoms. The Balaban J connectivity index is 3.45. The van der Waals surface area contributed by atoms with Gasteiger partial charge in [0.15, 0.2) is 9.04 Å². The summed E-state index contributed by atoms with van der Waals surface area (Å²) in [6.45, 7) is 9.12. The Kier molecular flexibility index (Phi) is 8.58. The van der Waals surface area contributed by atoms with Crippen LogP contribution < -0.4 is 11.1 Å². The number of nitrogens with two attached hydrogens (primary N) is 1. The number of hydrogen-bond donors (Lipinski definition) is 2. The summed E-state index contributed by atoms with van der Waals surface area (Å²) in [4.78, 5) is 0. The first-order valence-electron chi connectivity index (χ1n) is 5.65. The minimum Gasteiger partial charge on any atom is -0.439 e. The van der Waals surface area contributed by atoms with Gasteiger partial charge in [0, 0.05) is 20.2 Å². The van der Waals surface area contributed by atoms with E-state index in [2.05, 4.69) is 25.0 Å². The molecule has 0 aromatic rings. The maximum Gasteiger partial charge on any atom is 0.320 e. The third kappa shape index (κ3) is 9.22. The SMILES string of the molecule is CO[Si](C)(C)O[SiH](C)CCCNCCN. The molecule has 0 amide bonds. The van der Waals surface area contributed by atoms with Crippen LogP contribution in [0.25, 0.3) is 0 Å². The van der Waals surface area contributed by atoms with E-state index < -0.39 is 17.6 Å². The van der Waals surface area contributed by atoms with Gasteiger partial charge in [-0.25, -0.2) is 0 Å². The molecule has 3 N–H and O–H groups in total. The molecule has 15 heavy (non-hydrogen) atoms. The van der Waals surface area contributed by atoms with E-state index in [0.717, 1.165) is 13.1 Å². The van der Waals surface area contributed by atoms with E-state index in [1.807, 2.05) is 0 Å². The molecule has 1 unspecified atom stereocenters. The number of nitrogens with one attached hydrogen (secondary N) is 1. The molecule has 0 aromatic carbocycles. The topological polar surface area (TPSA) is 56.5 Å². The molecule has 92 valence electrons. The van der Waals surface area contributed by atoms with Crippen molar-refractivity contribution in [2.45, 2.75) is 32.1 Å². The molecule has 0 spiro atoms. The predicted octanol–water partition coefficient (Wildman–Crippen LogP) is 0.643. The average molecular weight is 250 g/mol. The van der Waals surface area contributed by atoms with Crippen molar-refractivity contribution >= 4 is 17.6 Å². The number of rotatable bonds is 9. The summed E-state index contributed by atoms with van der Waals surface area (Å²) in [7, 11) is -1.08. The molecule has 0 heterocycles. The van der Waals surface area contributed by atoms with Gasteiger partial charge in [0.25, 0.3) is 0 Å². The molecule has 0 saturated carbocycles. The third-order valence-corrected chi connectivity index (χ3v) is 8.35. The first-order valence-corrected chi connectivity index (χ1v) is 10.9. The van der Waals surface area contributed by atoms with Crippen molar-refractivity contribution in [3.8, 4) is 0 Å². The fraction of sp³-hybridized carbons (Fsp3) is 1.00. The van der Waals surface area contributed by atoms with E-state index in [0.29, 0.717) is 6.54 Å². The monoisotopic (exact) mass is 250 g/mol. The van der Waals surface area contributed by atoms with Gasteiger partial charge in [0.2, 0.25) is 0 Å². The summed E-state index contributed by atoms with van der Waals surface area (Å²) < 4.78 is 11.4. The van der Waals surface area contributed by atoms with Crippen molar-refractivity contribution in [2.75, 3.05) is 26.7 Å². The van der Waals surface area contributed by atoms with Crippen LogP contribution in [0.5, 0.6) is 0 Å². The molecule has 0 radical (unpaired) electrons. The van der Waals surface area contributed by atoms with Crippen LogP contribution in [-0.2, 0) is 8.54 Å². The Morgan fingerprint density at radius 1 is 1.33 bits per heavy atom. The van der Waals surface area contributed by atoms with Gasteiger partial charge in [-0.1, -0.05) is 0 Å². The second-order valence-corrected chi connectivity index (χ2v) is 10.6. The van der Waals surface area contributed by atoms with Crippen molar-refractivity contribution in [3.05, 3.63) is 0 Å². The Morgan fingerprint density at radius 2 is 2.00 bits per heavy atom. The van der Waals surface area contributed by atoms with Crippen LogP contribution in [0.3, 0.4) is 0 Å². The summed E-state index contributed by atoms with van der Waals surface area (Å²) in [5.41, 5.74) is 5.38. The van der Waals surface area contributed by atoms with E-state index in [1.165, 1.54) is 12.5 Å². The minimum absolute atomic E-state index is 0.715. The van der Waals surface area contributed by atoms with Crippen molar-refractivity contribution in [2.24, 2.45) is 5.73 Å². The van der Waals surface area contributed by atoms with E-state index in [9.17, 15) is 0 Å². The molecular weight excluding hydrogens is 224 g/mol. The highest BCUT2D eigenvalue weighted by Crippen LogP contribution is 2.09. The maximum absolute atomic E-state index is 6.00. The molecular formula is C9H26N2O2Si2. The van der Waals surface area contributed by atoms with Gasteiger partial charge in [-0.05, 0) is 38.7 Å². The molecule has 0 fully saturated rings. The van der Waals surface area contributed by atoms with Gasteiger partial charge in [-0.15, -0.1) is 0 Å². The zero-order chi connectivity index (χ0) is 11.7. The zero-order valence-corrected chi connectivity index (χ0v) is 12.7. The lowest BCUT2D eigenvalue weighted by molar-refractivity contribution is 0.315. The normalized spacial score (nSPS) is 14.2. The second kappa shape index (κ2) is 8.43. The fourth-order valence-electron chi connectivity index (χ4n) is 1.33. The van der Waals surface area contributed by atoms with Crippen molar-refractivity contribution < 1.29 is 8.54 Å². The van der Waals surface area contributed by atoms with E-state index >= 15 is 0 Å². The first kappa shape index (κ1) is 15.3. The van der Waals surface area contributed by atoms with Crippen LogP contribution in [0.15, 0.2) is 0 Å². The van der Waals surface area contributed by atoms with E-state index in [-0.39, 0.29) is 0 Å². The maximum atomic E-state index is 6.00. The Morgan fingerprint density at radius 3 is 2.53 bits per heavy atom. The molecule has 0 saturated heterocycles. The molecule has 0 aliphatic carbocycles. The highest BCUT2D eigenvalue weighted by atomic mass is 28.4. The molecule has 0 rings (SSSR count). The standard InChI is InChI=1S/C9H26N2O2Si2/c1-12-15(3,4)13-14(2)9-5-7-11-8-6-10/h11,14H,5-10H2,1-4H3. The van der Waals surface area contributed by atoms with Gasteiger partial charge in [0.1, 0.15) is 0 Å². The Labute approximate surface area is 96.5 Å². The fourth-order valence-corrected chi connectivity index (χ4v) is 6.84.